The van der Waals surface area contributed by atoms with Crippen LogP contribution in [0.1, 0.15) is 37.5 Å². The quantitative estimate of drug-likeness (QED) is 0.759. The second-order valence-corrected chi connectivity index (χ2v) is 6.86. The van der Waals surface area contributed by atoms with Gasteiger partial charge in [0.05, 0.1) is 5.39 Å². The summed E-state index contributed by atoms with van der Waals surface area (Å²) in [4.78, 5) is 10.7. The number of hydrogen-bond donors (Lipinski definition) is 0. The maximum atomic E-state index is 6.15. The predicted octanol–water partition coefficient (Wildman–Crippen LogP) is 4.61. The van der Waals surface area contributed by atoms with Gasteiger partial charge in [-0.05, 0) is 49.8 Å². The van der Waals surface area contributed by atoms with Gasteiger partial charge in [0.25, 0.3) is 0 Å². The van der Waals surface area contributed by atoms with E-state index in [-0.39, 0.29) is 11.4 Å². The van der Waals surface area contributed by atoms with Crippen LogP contribution >= 0.6 is 22.9 Å². The lowest BCUT2D eigenvalue weighted by Crippen LogP contribution is -2.28. The highest BCUT2D eigenvalue weighted by atomic mass is 35.5. The second-order valence-electron chi connectivity index (χ2n) is 5.29. The van der Waals surface area contributed by atoms with Crippen molar-refractivity contribution in [1.29, 1.82) is 0 Å². The molecule has 2 heterocycles. The number of nitrogens with zero attached hydrogens (tertiary/aromatic N) is 2. The van der Waals surface area contributed by atoms with Crippen LogP contribution in [0.3, 0.4) is 0 Å². The molecule has 0 spiro atoms. The Morgan fingerprint density at radius 1 is 1.32 bits per heavy atom. The van der Waals surface area contributed by atoms with E-state index in [1.54, 1.807) is 11.3 Å². The van der Waals surface area contributed by atoms with Gasteiger partial charge in [0.1, 0.15) is 10.9 Å². The van der Waals surface area contributed by atoms with Crippen molar-refractivity contribution in [2.75, 3.05) is 0 Å². The molecule has 3 nitrogen and oxygen atoms in total. The zero-order valence-corrected chi connectivity index (χ0v) is 12.7. The standard InChI is InChI=1S/C14H17ClN2OS/c1-8-5-3-4-6-11(8)18-12-10-7-9(2)19-13(10)17-14(15)16-12/h7-8,11H,3-6H2,1-2H3. The Morgan fingerprint density at radius 3 is 2.89 bits per heavy atom. The lowest BCUT2D eigenvalue weighted by atomic mass is 9.88. The first-order valence-corrected chi connectivity index (χ1v) is 7.93. The Labute approximate surface area is 122 Å². The first-order valence-electron chi connectivity index (χ1n) is 6.74. The molecule has 0 aromatic carbocycles. The molecule has 1 aliphatic rings. The number of thiophene rings is 1. The largest absolute Gasteiger partial charge is 0.473 e. The minimum Gasteiger partial charge on any atom is -0.473 e. The molecule has 2 atom stereocenters. The van der Waals surface area contributed by atoms with Crippen molar-refractivity contribution in [2.45, 2.75) is 45.6 Å². The van der Waals surface area contributed by atoms with Crippen molar-refractivity contribution in [2.24, 2.45) is 5.92 Å². The molecule has 0 amide bonds. The summed E-state index contributed by atoms with van der Waals surface area (Å²) in [5, 5.41) is 1.26. The maximum absolute atomic E-state index is 6.15. The third kappa shape index (κ3) is 2.70. The topological polar surface area (TPSA) is 35.0 Å². The predicted molar refractivity (Wildman–Crippen MR) is 79.2 cm³/mol. The molecule has 1 aliphatic carbocycles. The van der Waals surface area contributed by atoms with Gasteiger partial charge in [-0.2, -0.15) is 4.98 Å². The Morgan fingerprint density at radius 2 is 2.11 bits per heavy atom. The van der Waals surface area contributed by atoms with Gasteiger partial charge in [0, 0.05) is 4.88 Å². The summed E-state index contributed by atoms with van der Waals surface area (Å²) in [6, 6.07) is 2.08. The van der Waals surface area contributed by atoms with Crippen LogP contribution in [0.25, 0.3) is 10.2 Å². The van der Waals surface area contributed by atoms with E-state index in [1.165, 1.54) is 24.1 Å². The van der Waals surface area contributed by atoms with Crippen molar-refractivity contribution in [3.63, 3.8) is 0 Å². The van der Waals surface area contributed by atoms with E-state index in [4.69, 9.17) is 16.3 Å². The van der Waals surface area contributed by atoms with E-state index in [1.807, 2.05) is 0 Å². The monoisotopic (exact) mass is 296 g/mol. The molecule has 2 unspecified atom stereocenters. The molecule has 0 N–H and O–H groups in total. The number of aromatic nitrogens is 2. The van der Waals surface area contributed by atoms with E-state index < -0.39 is 0 Å². The number of halogens is 1. The Hall–Kier alpha value is -0.870. The van der Waals surface area contributed by atoms with Crippen LogP contribution in [-0.4, -0.2) is 16.1 Å². The summed E-state index contributed by atoms with van der Waals surface area (Å²) in [7, 11) is 0. The second kappa shape index (κ2) is 5.25. The molecule has 0 saturated heterocycles. The van der Waals surface area contributed by atoms with Crippen molar-refractivity contribution >= 4 is 33.2 Å². The van der Waals surface area contributed by atoms with Crippen molar-refractivity contribution in [3.8, 4) is 5.88 Å². The Balaban J connectivity index is 1.95. The van der Waals surface area contributed by atoms with Crippen LogP contribution in [0, 0.1) is 12.8 Å². The van der Waals surface area contributed by atoms with Crippen LogP contribution in [0.5, 0.6) is 5.88 Å². The van der Waals surface area contributed by atoms with E-state index in [0.717, 1.165) is 16.6 Å². The molecular weight excluding hydrogens is 280 g/mol. The van der Waals surface area contributed by atoms with Crippen LogP contribution in [-0.2, 0) is 0 Å². The summed E-state index contributed by atoms with van der Waals surface area (Å²) >= 11 is 7.62. The summed E-state index contributed by atoms with van der Waals surface area (Å²) in [5.41, 5.74) is 0. The van der Waals surface area contributed by atoms with Gasteiger partial charge in [-0.25, -0.2) is 4.98 Å². The molecule has 0 aliphatic heterocycles. The highest BCUT2D eigenvalue weighted by molar-refractivity contribution is 7.18. The zero-order chi connectivity index (χ0) is 13.4. The lowest BCUT2D eigenvalue weighted by molar-refractivity contribution is 0.0993. The highest BCUT2D eigenvalue weighted by Gasteiger charge is 2.24. The lowest BCUT2D eigenvalue weighted by Gasteiger charge is -2.28. The average Bonchev–Trinajstić information content (AvgIpc) is 2.72. The normalized spacial score (nSPS) is 23.7. The molecule has 1 fully saturated rings. The van der Waals surface area contributed by atoms with Gasteiger partial charge in [-0.15, -0.1) is 11.3 Å². The number of ether oxygens (including phenoxy) is 1. The van der Waals surface area contributed by atoms with Crippen LogP contribution in [0.15, 0.2) is 6.07 Å². The molecular formula is C14H17ClN2OS. The number of aryl methyl sites for hydroxylation is 1. The fraction of sp³-hybridized carbons (Fsp3) is 0.571. The molecule has 1 saturated carbocycles. The van der Waals surface area contributed by atoms with E-state index in [0.29, 0.717) is 11.8 Å². The smallest absolute Gasteiger partial charge is 0.227 e. The Bertz CT molecular complexity index is 598. The van der Waals surface area contributed by atoms with Crippen molar-refractivity contribution < 1.29 is 4.74 Å². The Kier molecular flexibility index (Phi) is 3.63. The number of rotatable bonds is 2. The van der Waals surface area contributed by atoms with Crippen LogP contribution in [0.2, 0.25) is 5.28 Å². The maximum Gasteiger partial charge on any atom is 0.227 e. The minimum atomic E-state index is 0.253. The van der Waals surface area contributed by atoms with Crippen molar-refractivity contribution in [1.82, 2.24) is 9.97 Å². The molecule has 102 valence electrons. The van der Waals surface area contributed by atoms with Crippen LogP contribution < -0.4 is 4.74 Å². The van der Waals surface area contributed by atoms with Gasteiger partial charge in [0.15, 0.2) is 0 Å². The molecule has 2 aromatic rings. The van der Waals surface area contributed by atoms with Gasteiger partial charge >= 0.3 is 0 Å². The summed E-state index contributed by atoms with van der Waals surface area (Å²) in [6.45, 7) is 4.32. The fourth-order valence-electron chi connectivity index (χ4n) is 2.68. The van der Waals surface area contributed by atoms with E-state index in [9.17, 15) is 0 Å². The average molecular weight is 297 g/mol. The SMILES string of the molecule is Cc1cc2c(OC3CCCCC3C)nc(Cl)nc2s1. The van der Waals surface area contributed by atoms with E-state index in [2.05, 4.69) is 29.9 Å². The minimum absolute atomic E-state index is 0.253. The number of hydrogen-bond acceptors (Lipinski definition) is 4. The first-order chi connectivity index (χ1) is 9.13. The fourth-order valence-corrected chi connectivity index (χ4v) is 3.76. The molecule has 5 heteroatoms. The van der Waals surface area contributed by atoms with Crippen molar-refractivity contribution in [3.05, 3.63) is 16.2 Å². The molecule has 2 aromatic heterocycles. The highest BCUT2D eigenvalue weighted by Crippen LogP contribution is 2.34. The van der Waals surface area contributed by atoms with Gasteiger partial charge < -0.3 is 4.74 Å². The van der Waals surface area contributed by atoms with Gasteiger partial charge in [0.2, 0.25) is 11.2 Å². The molecule has 0 radical (unpaired) electrons. The summed E-state index contributed by atoms with van der Waals surface area (Å²) in [6.07, 6.45) is 5.13. The van der Waals surface area contributed by atoms with Gasteiger partial charge in [-0.1, -0.05) is 13.3 Å². The van der Waals surface area contributed by atoms with E-state index >= 15 is 0 Å². The summed E-state index contributed by atoms with van der Waals surface area (Å²) in [5.74, 6) is 1.23. The van der Waals surface area contributed by atoms with Gasteiger partial charge in [-0.3, -0.25) is 0 Å². The third-order valence-electron chi connectivity index (χ3n) is 3.75. The number of fused-ring (bicyclic) bond motifs is 1. The summed E-state index contributed by atoms with van der Waals surface area (Å²) < 4.78 is 6.15. The molecule has 19 heavy (non-hydrogen) atoms. The van der Waals surface area contributed by atoms with Crippen LogP contribution in [0.4, 0.5) is 0 Å². The molecule has 0 bridgehead atoms. The zero-order valence-electron chi connectivity index (χ0n) is 11.1. The first kappa shape index (κ1) is 13.1. The third-order valence-corrected chi connectivity index (χ3v) is 4.86. The molecule has 3 rings (SSSR count).